The summed E-state index contributed by atoms with van der Waals surface area (Å²) in [7, 11) is 2.22. The fourth-order valence-corrected chi connectivity index (χ4v) is 3.49. The average Bonchev–Trinajstić information content (AvgIpc) is 3.01. The van der Waals surface area contributed by atoms with E-state index >= 15 is 0 Å². The Morgan fingerprint density at radius 3 is 2.69 bits per heavy atom. The third-order valence-corrected chi connectivity index (χ3v) is 5.01. The Kier molecular flexibility index (Phi) is 3.67. The highest BCUT2D eigenvalue weighted by Crippen LogP contribution is 2.38. The van der Waals surface area contributed by atoms with Gasteiger partial charge in [0.2, 0.25) is 0 Å². The van der Waals surface area contributed by atoms with Crippen LogP contribution in [0.5, 0.6) is 0 Å². The smallest absolute Gasteiger partial charge is 0.0416 e. The van der Waals surface area contributed by atoms with Gasteiger partial charge in [0.15, 0.2) is 0 Å². The second-order valence-electron chi connectivity index (χ2n) is 4.95. The van der Waals surface area contributed by atoms with Gasteiger partial charge in [0.25, 0.3) is 0 Å². The maximum Gasteiger partial charge on any atom is 0.0416 e. The monoisotopic (exact) mass is 238 g/mol. The van der Waals surface area contributed by atoms with Gasteiger partial charge in [-0.15, -0.1) is 11.3 Å². The molecule has 16 heavy (non-hydrogen) atoms. The molecule has 1 saturated carbocycles. The fourth-order valence-electron chi connectivity index (χ4n) is 2.46. The summed E-state index contributed by atoms with van der Waals surface area (Å²) in [6, 6.07) is 3.27. The molecule has 2 unspecified atom stereocenters. The van der Waals surface area contributed by atoms with E-state index in [0.717, 1.165) is 12.5 Å². The molecule has 1 fully saturated rings. The van der Waals surface area contributed by atoms with Crippen molar-refractivity contribution in [3.05, 3.63) is 21.9 Å². The number of nitrogens with zero attached hydrogens (tertiary/aromatic N) is 1. The summed E-state index contributed by atoms with van der Waals surface area (Å²) in [4.78, 5) is 3.96. The van der Waals surface area contributed by atoms with Crippen LogP contribution >= 0.6 is 11.3 Å². The molecule has 2 nitrogen and oxygen atoms in total. The van der Waals surface area contributed by atoms with Crippen LogP contribution < -0.4 is 5.73 Å². The molecule has 0 aliphatic heterocycles. The summed E-state index contributed by atoms with van der Waals surface area (Å²) < 4.78 is 0. The van der Waals surface area contributed by atoms with Crippen molar-refractivity contribution >= 4 is 11.3 Å². The number of rotatable bonds is 5. The molecule has 90 valence electrons. The standard InChI is InChI=1S/C13H22N2S/c1-9-6-7-16-13(9)10(2)15(3)12(8-14)11-4-5-11/h6-7,10-12H,4-5,8,14H2,1-3H3. The van der Waals surface area contributed by atoms with Crippen LogP contribution in [-0.2, 0) is 0 Å². The first-order valence-corrected chi connectivity index (χ1v) is 6.99. The minimum atomic E-state index is 0.495. The first-order valence-electron chi connectivity index (χ1n) is 6.11. The lowest BCUT2D eigenvalue weighted by atomic mass is 10.1. The van der Waals surface area contributed by atoms with Crippen LogP contribution in [0.15, 0.2) is 11.4 Å². The third kappa shape index (κ3) is 2.31. The van der Waals surface area contributed by atoms with Gasteiger partial charge < -0.3 is 5.73 Å². The molecule has 2 N–H and O–H groups in total. The molecule has 0 amide bonds. The zero-order chi connectivity index (χ0) is 11.7. The van der Waals surface area contributed by atoms with Gasteiger partial charge in [-0.3, -0.25) is 4.90 Å². The maximum atomic E-state index is 5.91. The average molecular weight is 238 g/mol. The molecule has 2 atom stereocenters. The predicted octanol–water partition coefficient (Wildman–Crippen LogP) is 2.79. The first kappa shape index (κ1) is 12.1. The van der Waals surface area contributed by atoms with Crippen molar-refractivity contribution < 1.29 is 0 Å². The van der Waals surface area contributed by atoms with Gasteiger partial charge in [-0.2, -0.15) is 0 Å². The van der Waals surface area contributed by atoms with Crippen LogP contribution in [0, 0.1) is 12.8 Å². The molecule has 3 heteroatoms. The highest BCUT2D eigenvalue weighted by Gasteiger charge is 2.35. The molecule has 0 bridgehead atoms. The van der Waals surface area contributed by atoms with Crippen LogP contribution in [0.4, 0.5) is 0 Å². The number of hydrogen-bond acceptors (Lipinski definition) is 3. The lowest BCUT2D eigenvalue weighted by Gasteiger charge is -2.32. The lowest BCUT2D eigenvalue weighted by molar-refractivity contribution is 0.172. The molecule has 0 spiro atoms. The highest BCUT2D eigenvalue weighted by molar-refractivity contribution is 7.10. The van der Waals surface area contributed by atoms with Crippen molar-refractivity contribution in [1.82, 2.24) is 4.90 Å². The van der Waals surface area contributed by atoms with Crippen LogP contribution in [0.3, 0.4) is 0 Å². The molecule has 0 aromatic carbocycles. The Morgan fingerprint density at radius 1 is 1.56 bits per heavy atom. The van der Waals surface area contributed by atoms with Gasteiger partial charge in [-0.1, -0.05) is 0 Å². The van der Waals surface area contributed by atoms with Crippen molar-refractivity contribution in [3.63, 3.8) is 0 Å². The summed E-state index contributed by atoms with van der Waals surface area (Å²) in [6.07, 6.45) is 2.73. The zero-order valence-electron chi connectivity index (χ0n) is 10.4. The van der Waals surface area contributed by atoms with Crippen molar-refractivity contribution in [1.29, 1.82) is 0 Å². The van der Waals surface area contributed by atoms with Gasteiger partial charge in [-0.05, 0) is 56.7 Å². The second kappa shape index (κ2) is 4.86. The van der Waals surface area contributed by atoms with E-state index in [1.54, 1.807) is 0 Å². The van der Waals surface area contributed by atoms with Gasteiger partial charge in [-0.25, -0.2) is 0 Å². The molecule has 0 saturated heterocycles. The van der Waals surface area contributed by atoms with Gasteiger partial charge in [0.1, 0.15) is 0 Å². The Balaban J connectivity index is 2.08. The quantitative estimate of drug-likeness (QED) is 0.854. The van der Waals surface area contributed by atoms with Crippen LogP contribution in [0.2, 0.25) is 0 Å². The van der Waals surface area contributed by atoms with E-state index in [4.69, 9.17) is 5.73 Å². The summed E-state index contributed by atoms with van der Waals surface area (Å²) in [5.41, 5.74) is 7.32. The van der Waals surface area contributed by atoms with Crippen molar-refractivity contribution in [2.75, 3.05) is 13.6 Å². The van der Waals surface area contributed by atoms with E-state index in [1.165, 1.54) is 23.3 Å². The zero-order valence-corrected chi connectivity index (χ0v) is 11.3. The molecule has 1 aromatic rings. The minimum absolute atomic E-state index is 0.495. The van der Waals surface area contributed by atoms with Gasteiger partial charge in [0.05, 0.1) is 0 Å². The molecular weight excluding hydrogens is 216 g/mol. The molecule has 1 aliphatic carbocycles. The maximum absolute atomic E-state index is 5.91. The van der Waals surface area contributed by atoms with Gasteiger partial charge >= 0.3 is 0 Å². The first-order chi connectivity index (χ1) is 7.65. The van der Waals surface area contributed by atoms with Crippen molar-refractivity contribution in [2.45, 2.75) is 38.8 Å². The molecule has 0 radical (unpaired) electrons. The molecule has 1 aromatic heterocycles. The fraction of sp³-hybridized carbons (Fsp3) is 0.692. The topological polar surface area (TPSA) is 29.3 Å². The number of hydrogen-bond donors (Lipinski definition) is 1. The summed E-state index contributed by atoms with van der Waals surface area (Å²) in [6.45, 7) is 5.28. The van der Waals surface area contributed by atoms with E-state index in [9.17, 15) is 0 Å². The normalized spacial score (nSPS) is 20.1. The lowest BCUT2D eigenvalue weighted by Crippen LogP contribution is -2.40. The van der Waals surface area contributed by atoms with E-state index < -0.39 is 0 Å². The van der Waals surface area contributed by atoms with E-state index in [2.05, 4.69) is 37.2 Å². The molecule has 1 heterocycles. The van der Waals surface area contributed by atoms with E-state index in [1.807, 2.05) is 11.3 Å². The molecule has 1 aliphatic rings. The summed E-state index contributed by atoms with van der Waals surface area (Å²) in [5, 5.41) is 2.18. The second-order valence-corrected chi connectivity index (χ2v) is 5.90. The Bertz CT molecular complexity index is 343. The van der Waals surface area contributed by atoms with Crippen LogP contribution in [0.1, 0.15) is 36.2 Å². The Morgan fingerprint density at radius 2 is 2.25 bits per heavy atom. The highest BCUT2D eigenvalue weighted by atomic mass is 32.1. The number of nitrogens with two attached hydrogens (primary N) is 1. The van der Waals surface area contributed by atoms with Gasteiger partial charge in [0, 0.05) is 23.5 Å². The molecule has 2 rings (SSSR count). The van der Waals surface area contributed by atoms with E-state index in [0.29, 0.717) is 12.1 Å². The molecular formula is C13H22N2S. The number of thiophene rings is 1. The van der Waals surface area contributed by atoms with Crippen molar-refractivity contribution in [2.24, 2.45) is 11.7 Å². The number of likely N-dealkylation sites (N-methyl/N-ethyl adjacent to an activating group) is 1. The van der Waals surface area contributed by atoms with Crippen LogP contribution in [-0.4, -0.2) is 24.5 Å². The SMILES string of the molecule is Cc1ccsc1C(C)N(C)C(CN)C1CC1. The van der Waals surface area contributed by atoms with Crippen molar-refractivity contribution in [3.8, 4) is 0 Å². The Hall–Kier alpha value is -0.380. The predicted molar refractivity (Wildman–Crippen MR) is 70.8 cm³/mol. The summed E-state index contributed by atoms with van der Waals surface area (Å²) >= 11 is 1.86. The Labute approximate surface area is 102 Å². The minimum Gasteiger partial charge on any atom is -0.329 e. The van der Waals surface area contributed by atoms with E-state index in [-0.39, 0.29) is 0 Å². The number of aryl methyl sites for hydroxylation is 1. The largest absolute Gasteiger partial charge is 0.329 e. The third-order valence-electron chi connectivity index (χ3n) is 3.82. The summed E-state index contributed by atoms with van der Waals surface area (Å²) in [5.74, 6) is 0.845. The van der Waals surface area contributed by atoms with Crippen LogP contribution in [0.25, 0.3) is 0 Å².